The van der Waals surface area contributed by atoms with Gasteiger partial charge in [0.15, 0.2) is 5.11 Å². The molecule has 0 unspecified atom stereocenters. The molecule has 2 rings (SSSR count). The maximum Gasteiger partial charge on any atom is 0.340 e. The highest BCUT2D eigenvalue weighted by Crippen LogP contribution is 2.22. The maximum absolute atomic E-state index is 12.3. The Morgan fingerprint density at radius 2 is 1.71 bits per heavy atom. The summed E-state index contributed by atoms with van der Waals surface area (Å²) in [5, 5.41) is 13.8. The largest absolute Gasteiger partial charge is 0.462 e. The number of ether oxygens (including phenoxy) is 1. The summed E-state index contributed by atoms with van der Waals surface area (Å²) in [7, 11) is 0. The van der Waals surface area contributed by atoms with Crippen LogP contribution in [-0.2, 0) is 11.2 Å². The van der Waals surface area contributed by atoms with E-state index in [4.69, 9.17) is 17.0 Å². The Bertz CT molecular complexity index is 814. The normalized spacial score (nSPS) is 10.3. The topological polar surface area (TPSA) is 74.4 Å². The van der Waals surface area contributed by atoms with Crippen LogP contribution in [-0.4, -0.2) is 43.9 Å². The van der Waals surface area contributed by atoms with Crippen LogP contribution in [0.5, 0.6) is 0 Å². The van der Waals surface area contributed by atoms with Gasteiger partial charge in [-0.05, 0) is 62.2 Å². The van der Waals surface area contributed by atoms with Crippen molar-refractivity contribution >= 4 is 34.7 Å². The van der Waals surface area contributed by atoms with Crippen LogP contribution in [0.4, 0.5) is 11.4 Å². The first-order chi connectivity index (χ1) is 15.1. The van der Waals surface area contributed by atoms with Crippen molar-refractivity contribution in [2.24, 2.45) is 0 Å². The van der Waals surface area contributed by atoms with Gasteiger partial charge in [0.2, 0.25) is 0 Å². The first-order valence-corrected chi connectivity index (χ1v) is 11.4. The van der Waals surface area contributed by atoms with Gasteiger partial charge < -0.3 is 26.0 Å². The zero-order valence-electron chi connectivity index (χ0n) is 18.5. The van der Waals surface area contributed by atoms with Gasteiger partial charge in [-0.2, -0.15) is 0 Å². The third kappa shape index (κ3) is 9.26. The van der Waals surface area contributed by atoms with Crippen LogP contribution >= 0.6 is 12.2 Å². The third-order valence-electron chi connectivity index (χ3n) is 4.59. The first-order valence-electron chi connectivity index (χ1n) is 11.0. The molecule has 0 heterocycles. The van der Waals surface area contributed by atoms with Gasteiger partial charge in [0.1, 0.15) is 0 Å². The molecule has 31 heavy (non-hydrogen) atoms. The van der Waals surface area contributed by atoms with E-state index in [0.29, 0.717) is 23.8 Å². The molecule has 6 nitrogen and oxygen atoms in total. The molecule has 0 bridgehead atoms. The zero-order valence-corrected chi connectivity index (χ0v) is 19.3. The number of hydrogen-bond acceptors (Lipinski definition) is 5. The molecular formula is C24H34N4O2S. The van der Waals surface area contributed by atoms with Crippen LogP contribution in [0.2, 0.25) is 0 Å². The second kappa shape index (κ2) is 14.2. The van der Waals surface area contributed by atoms with Crippen molar-refractivity contribution in [2.45, 2.75) is 33.1 Å². The van der Waals surface area contributed by atoms with Crippen molar-refractivity contribution < 1.29 is 9.53 Å². The molecule has 4 N–H and O–H groups in total. The number of nitrogens with one attached hydrogen (secondary N) is 4. The molecule has 7 heteroatoms. The first kappa shape index (κ1) is 24.5. The average Bonchev–Trinajstić information content (AvgIpc) is 2.78. The summed E-state index contributed by atoms with van der Waals surface area (Å²) in [5.74, 6) is -0.316. The molecule has 0 radical (unpaired) electrons. The molecule has 0 fully saturated rings. The lowest BCUT2D eigenvalue weighted by Gasteiger charge is -2.15. The number of benzene rings is 2. The molecule has 0 aliphatic carbocycles. The molecule has 168 valence electrons. The van der Waals surface area contributed by atoms with Gasteiger partial charge in [0, 0.05) is 31.9 Å². The van der Waals surface area contributed by atoms with Gasteiger partial charge in [-0.1, -0.05) is 37.3 Å². The van der Waals surface area contributed by atoms with Gasteiger partial charge in [0.05, 0.1) is 17.9 Å². The number of esters is 1. The second-order valence-corrected chi connectivity index (χ2v) is 7.51. The molecule has 2 aromatic carbocycles. The number of carbonyl (C=O) groups excluding carboxylic acids is 1. The summed E-state index contributed by atoms with van der Waals surface area (Å²) in [6.45, 7) is 7.42. The lowest BCUT2D eigenvalue weighted by Crippen LogP contribution is -2.36. The third-order valence-corrected chi connectivity index (χ3v) is 4.88. The van der Waals surface area contributed by atoms with E-state index in [9.17, 15) is 4.79 Å². The van der Waals surface area contributed by atoms with Crippen LogP contribution in [0.15, 0.2) is 48.5 Å². The molecule has 0 aliphatic rings. The Morgan fingerprint density at radius 1 is 0.935 bits per heavy atom. The maximum atomic E-state index is 12.3. The van der Waals surface area contributed by atoms with E-state index in [1.54, 1.807) is 0 Å². The summed E-state index contributed by atoms with van der Waals surface area (Å²) in [6, 6.07) is 16.1. The van der Waals surface area contributed by atoms with Crippen LogP contribution < -0.4 is 21.3 Å². The highest BCUT2D eigenvalue weighted by atomic mass is 32.1. The Hall–Kier alpha value is -2.80. The van der Waals surface area contributed by atoms with Crippen LogP contribution in [0, 0.1) is 0 Å². The minimum absolute atomic E-state index is 0.316. The Kier molecular flexibility index (Phi) is 11.2. The van der Waals surface area contributed by atoms with E-state index in [1.165, 1.54) is 5.56 Å². The van der Waals surface area contributed by atoms with Gasteiger partial charge in [-0.15, -0.1) is 0 Å². The number of carbonyl (C=O) groups is 1. The summed E-state index contributed by atoms with van der Waals surface area (Å²) in [6.07, 6.45) is 2.83. The molecule has 0 spiro atoms. The lowest BCUT2D eigenvalue weighted by molar-refractivity contribution is 0.0527. The smallest absolute Gasteiger partial charge is 0.340 e. The van der Waals surface area contributed by atoms with Gasteiger partial charge in [0.25, 0.3) is 0 Å². The molecule has 0 atom stereocenters. The average molecular weight is 443 g/mol. The summed E-state index contributed by atoms with van der Waals surface area (Å²) >= 11 is 5.23. The van der Waals surface area contributed by atoms with E-state index < -0.39 is 0 Å². The Labute approximate surface area is 191 Å². The van der Waals surface area contributed by atoms with Crippen molar-refractivity contribution in [3.63, 3.8) is 0 Å². The standard InChI is InChI=1S/C24H34N4O2S/c1-3-14-27-24(31)28-16-8-15-26-22-18-20(11-12-21(22)23(29)30-4-2)25-17-13-19-9-6-5-7-10-19/h5-7,9-12,18,25-26H,3-4,8,13-17H2,1-2H3,(H2,27,28,31). The quantitative estimate of drug-likeness (QED) is 0.211. The SMILES string of the molecule is CCCNC(=S)NCCCNc1cc(NCCc2ccccc2)ccc1C(=O)OCC. The van der Waals surface area contributed by atoms with Gasteiger partial charge >= 0.3 is 5.97 Å². The fraction of sp³-hybridized carbons (Fsp3) is 0.417. The molecule has 0 aromatic heterocycles. The number of rotatable bonds is 13. The predicted octanol–water partition coefficient (Wildman–Crippen LogP) is 4.19. The van der Waals surface area contributed by atoms with Crippen LogP contribution in [0.3, 0.4) is 0 Å². The highest BCUT2D eigenvalue weighted by Gasteiger charge is 2.13. The lowest BCUT2D eigenvalue weighted by atomic mass is 10.1. The van der Waals surface area contributed by atoms with Crippen LogP contribution in [0.25, 0.3) is 0 Å². The van der Waals surface area contributed by atoms with Crippen molar-refractivity contribution in [1.29, 1.82) is 0 Å². The number of anilines is 2. The Balaban J connectivity index is 1.90. The Morgan fingerprint density at radius 3 is 2.45 bits per heavy atom. The molecule has 0 saturated carbocycles. The van der Waals surface area contributed by atoms with Gasteiger partial charge in [-0.25, -0.2) is 4.79 Å². The molecule has 0 amide bonds. The summed E-state index contributed by atoms with van der Waals surface area (Å²) in [5.41, 5.74) is 3.57. The molecule has 0 aliphatic heterocycles. The van der Waals surface area contributed by atoms with E-state index in [-0.39, 0.29) is 5.97 Å². The molecule has 0 saturated heterocycles. The monoisotopic (exact) mass is 442 g/mol. The van der Waals surface area contributed by atoms with Crippen LogP contribution in [0.1, 0.15) is 42.6 Å². The number of hydrogen-bond donors (Lipinski definition) is 4. The van der Waals surface area contributed by atoms with E-state index in [2.05, 4.69) is 40.3 Å². The van der Waals surface area contributed by atoms with Crippen molar-refractivity contribution in [3.05, 3.63) is 59.7 Å². The highest BCUT2D eigenvalue weighted by molar-refractivity contribution is 7.80. The zero-order chi connectivity index (χ0) is 22.3. The number of thiocarbonyl (C=S) groups is 1. The van der Waals surface area contributed by atoms with Crippen molar-refractivity contribution in [3.8, 4) is 0 Å². The van der Waals surface area contributed by atoms with Gasteiger partial charge in [-0.3, -0.25) is 0 Å². The minimum Gasteiger partial charge on any atom is -0.462 e. The molecular weight excluding hydrogens is 408 g/mol. The summed E-state index contributed by atoms with van der Waals surface area (Å²) < 4.78 is 5.21. The minimum atomic E-state index is -0.316. The van der Waals surface area contributed by atoms with Crippen molar-refractivity contribution in [1.82, 2.24) is 10.6 Å². The molecule has 2 aromatic rings. The van der Waals surface area contributed by atoms with E-state index >= 15 is 0 Å². The fourth-order valence-electron chi connectivity index (χ4n) is 3.00. The second-order valence-electron chi connectivity index (χ2n) is 7.11. The van der Waals surface area contributed by atoms with E-state index in [0.717, 1.165) is 50.3 Å². The van der Waals surface area contributed by atoms with Crippen molar-refractivity contribution in [2.75, 3.05) is 43.4 Å². The van der Waals surface area contributed by atoms with E-state index in [1.807, 2.05) is 43.3 Å². The fourth-order valence-corrected chi connectivity index (χ4v) is 3.20. The predicted molar refractivity (Wildman–Crippen MR) is 133 cm³/mol. The summed E-state index contributed by atoms with van der Waals surface area (Å²) in [4.78, 5) is 12.3.